The molecule has 5 nitrogen and oxygen atoms in total. The summed E-state index contributed by atoms with van der Waals surface area (Å²) in [6, 6.07) is 60.4. The first-order valence-corrected chi connectivity index (χ1v) is 18.0. The molecule has 0 saturated heterocycles. The zero-order valence-corrected chi connectivity index (χ0v) is 28.9. The molecule has 11 rings (SSSR count). The number of para-hydroxylation sites is 2. The standard InChI is InChI=1S/C49H29N3O2/c1-3-13-30(14-4-1)32-17-11-18-34(27-32)47-50-48(40-23-12-22-39-36-20-9-10-24-43(36)53-45(39)40)52-49(51-47)42-29-41-37-26-25-33(31-15-5-2-6-16-31)28-44(37)54-46(41)38-21-8-7-19-35(38)42/h1-29H. The van der Waals surface area contributed by atoms with Crippen molar-refractivity contribution in [2.24, 2.45) is 0 Å². The molecule has 0 unspecified atom stereocenters. The van der Waals surface area contributed by atoms with Crippen LogP contribution in [0, 0.1) is 0 Å². The number of furan rings is 2. The van der Waals surface area contributed by atoms with Gasteiger partial charge in [0.2, 0.25) is 0 Å². The van der Waals surface area contributed by atoms with Gasteiger partial charge in [0.25, 0.3) is 0 Å². The summed E-state index contributed by atoms with van der Waals surface area (Å²) in [5.41, 5.74) is 10.3. The maximum atomic E-state index is 6.67. The van der Waals surface area contributed by atoms with Crippen molar-refractivity contribution in [2.45, 2.75) is 0 Å². The predicted octanol–water partition coefficient (Wildman–Crippen LogP) is 13.2. The highest BCUT2D eigenvalue weighted by molar-refractivity contribution is 6.19. The highest BCUT2D eigenvalue weighted by Crippen LogP contribution is 2.41. The molecule has 252 valence electrons. The molecular weight excluding hydrogens is 663 g/mol. The predicted molar refractivity (Wildman–Crippen MR) is 219 cm³/mol. The molecule has 0 fully saturated rings. The smallest absolute Gasteiger partial charge is 0.167 e. The first kappa shape index (κ1) is 30.3. The number of hydrogen-bond acceptors (Lipinski definition) is 5. The maximum Gasteiger partial charge on any atom is 0.167 e. The van der Waals surface area contributed by atoms with E-state index in [1.54, 1.807) is 0 Å². The third-order valence-electron chi connectivity index (χ3n) is 10.3. The Morgan fingerprint density at radius 1 is 0.278 bits per heavy atom. The first-order valence-electron chi connectivity index (χ1n) is 18.0. The minimum absolute atomic E-state index is 0.540. The van der Waals surface area contributed by atoms with E-state index in [0.717, 1.165) is 93.6 Å². The fraction of sp³-hybridized carbons (Fsp3) is 0. The van der Waals surface area contributed by atoms with Crippen molar-refractivity contribution < 1.29 is 8.83 Å². The number of rotatable bonds is 5. The van der Waals surface area contributed by atoms with Crippen molar-refractivity contribution in [2.75, 3.05) is 0 Å². The Kier molecular flexibility index (Phi) is 6.79. The van der Waals surface area contributed by atoms with Gasteiger partial charge in [-0.2, -0.15) is 0 Å². The van der Waals surface area contributed by atoms with E-state index in [1.165, 1.54) is 0 Å². The van der Waals surface area contributed by atoms with Crippen LogP contribution in [0.5, 0.6) is 0 Å². The minimum Gasteiger partial charge on any atom is -0.455 e. The van der Waals surface area contributed by atoms with Crippen molar-refractivity contribution in [3.05, 3.63) is 176 Å². The molecule has 3 heterocycles. The summed E-state index contributed by atoms with van der Waals surface area (Å²) in [4.78, 5) is 15.7. The Morgan fingerprint density at radius 3 is 1.61 bits per heavy atom. The van der Waals surface area contributed by atoms with Gasteiger partial charge in [0.15, 0.2) is 17.5 Å². The summed E-state index contributed by atoms with van der Waals surface area (Å²) in [6.07, 6.45) is 0. The highest BCUT2D eigenvalue weighted by atomic mass is 16.3. The monoisotopic (exact) mass is 691 g/mol. The zero-order chi connectivity index (χ0) is 35.6. The van der Waals surface area contributed by atoms with Crippen LogP contribution in [0.4, 0.5) is 0 Å². The zero-order valence-electron chi connectivity index (χ0n) is 28.9. The lowest BCUT2D eigenvalue weighted by Crippen LogP contribution is -2.01. The van der Waals surface area contributed by atoms with Gasteiger partial charge in [-0.15, -0.1) is 0 Å². The summed E-state index contributed by atoms with van der Waals surface area (Å²) >= 11 is 0. The van der Waals surface area contributed by atoms with E-state index in [2.05, 4.69) is 133 Å². The average molecular weight is 692 g/mol. The van der Waals surface area contributed by atoms with Crippen LogP contribution in [0.15, 0.2) is 185 Å². The van der Waals surface area contributed by atoms with Crippen molar-refractivity contribution in [1.82, 2.24) is 15.0 Å². The Morgan fingerprint density at radius 2 is 0.815 bits per heavy atom. The Hall–Kier alpha value is -7.37. The fourth-order valence-electron chi connectivity index (χ4n) is 7.73. The number of nitrogens with zero attached hydrogens (tertiary/aromatic N) is 3. The van der Waals surface area contributed by atoms with Gasteiger partial charge in [-0.3, -0.25) is 0 Å². The molecule has 0 N–H and O–H groups in total. The van der Waals surface area contributed by atoms with Crippen LogP contribution in [0.25, 0.3) is 111 Å². The van der Waals surface area contributed by atoms with Gasteiger partial charge in [0.05, 0.1) is 5.56 Å². The normalized spacial score (nSPS) is 11.7. The van der Waals surface area contributed by atoms with Gasteiger partial charge < -0.3 is 8.83 Å². The van der Waals surface area contributed by atoms with E-state index in [0.29, 0.717) is 17.5 Å². The SMILES string of the molecule is c1ccc(-c2cccc(-c3nc(-c4cc5c6ccc(-c7ccccc7)cc6oc5c5ccccc45)nc(-c4cccc5c4oc4ccccc45)n3)c2)cc1. The van der Waals surface area contributed by atoms with Crippen LogP contribution in [0.1, 0.15) is 0 Å². The summed E-state index contributed by atoms with van der Waals surface area (Å²) in [7, 11) is 0. The summed E-state index contributed by atoms with van der Waals surface area (Å²) < 4.78 is 13.2. The molecule has 0 aliphatic carbocycles. The third kappa shape index (κ3) is 4.90. The molecular formula is C49H29N3O2. The lowest BCUT2D eigenvalue weighted by atomic mass is 9.98. The average Bonchev–Trinajstić information content (AvgIpc) is 3.82. The molecule has 0 atom stereocenters. The van der Waals surface area contributed by atoms with Crippen molar-refractivity contribution in [3.63, 3.8) is 0 Å². The molecule has 54 heavy (non-hydrogen) atoms. The van der Waals surface area contributed by atoms with Crippen LogP contribution in [0.2, 0.25) is 0 Å². The van der Waals surface area contributed by atoms with Crippen LogP contribution < -0.4 is 0 Å². The van der Waals surface area contributed by atoms with E-state index in [-0.39, 0.29) is 0 Å². The number of fused-ring (bicyclic) bond motifs is 8. The van der Waals surface area contributed by atoms with Crippen LogP contribution in [0.3, 0.4) is 0 Å². The van der Waals surface area contributed by atoms with Gasteiger partial charge >= 0.3 is 0 Å². The van der Waals surface area contributed by atoms with E-state index in [9.17, 15) is 0 Å². The molecule has 0 aliphatic heterocycles. The van der Waals surface area contributed by atoms with Crippen molar-refractivity contribution >= 4 is 54.6 Å². The molecule has 0 bridgehead atoms. The molecule has 8 aromatic carbocycles. The largest absolute Gasteiger partial charge is 0.455 e. The molecule has 3 aromatic heterocycles. The Bertz CT molecular complexity index is 3220. The van der Waals surface area contributed by atoms with Crippen molar-refractivity contribution in [3.8, 4) is 56.4 Å². The molecule has 0 aliphatic rings. The lowest BCUT2D eigenvalue weighted by molar-refractivity contribution is 0.669. The third-order valence-corrected chi connectivity index (χ3v) is 10.3. The van der Waals surface area contributed by atoms with E-state index < -0.39 is 0 Å². The molecule has 0 amide bonds. The molecule has 5 heteroatoms. The van der Waals surface area contributed by atoms with Gasteiger partial charge in [-0.05, 0) is 64.0 Å². The Labute approximate surface area is 309 Å². The molecule has 0 saturated carbocycles. The van der Waals surface area contributed by atoms with Gasteiger partial charge in [-0.25, -0.2) is 15.0 Å². The second-order valence-corrected chi connectivity index (χ2v) is 13.6. The summed E-state index contributed by atoms with van der Waals surface area (Å²) in [5, 5.41) is 6.11. The second kappa shape index (κ2) is 12.1. The van der Waals surface area contributed by atoms with Crippen molar-refractivity contribution in [1.29, 1.82) is 0 Å². The number of aromatic nitrogens is 3. The van der Waals surface area contributed by atoms with Crippen LogP contribution in [-0.4, -0.2) is 15.0 Å². The molecule has 0 radical (unpaired) electrons. The van der Waals surface area contributed by atoms with Gasteiger partial charge in [-0.1, -0.05) is 140 Å². The molecule has 0 spiro atoms. The number of hydrogen-bond donors (Lipinski definition) is 0. The van der Waals surface area contributed by atoms with E-state index >= 15 is 0 Å². The van der Waals surface area contributed by atoms with Crippen LogP contribution in [-0.2, 0) is 0 Å². The number of benzene rings is 8. The van der Waals surface area contributed by atoms with E-state index in [4.69, 9.17) is 23.8 Å². The summed E-state index contributed by atoms with van der Waals surface area (Å²) in [5.74, 6) is 1.69. The Balaban J connectivity index is 1.17. The fourth-order valence-corrected chi connectivity index (χ4v) is 7.73. The summed E-state index contributed by atoms with van der Waals surface area (Å²) in [6.45, 7) is 0. The van der Waals surface area contributed by atoms with E-state index in [1.807, 2.05) is 42.5 Å². The lowest BCUT2D eigenvalue weighted by Gasteiger charge is -2.12. The topological polar surface area (TPSA) is 65.0 Å². The highest BCUT2D eigenvalue weighted by Gasteiger charge is 2.21. The van der Waals surface area contributed by atoms with Gasteiger partial charge in [0, 0.05) is 38.1 Å². The van der Waals surface area contributed by atoms with Crippen LogP contribution >= 0.6 is 0 Å². The minimum atomic E-state index is 0.540. The second-order valence-electron chi connectivity index (χ2n) is 13.6. The molecule has 11 aromatic rings. The van der Waals surface area contributed by atoms with Gasteiger partial charge in [0.1, 0.15) is 22.3 Å². The maximum absolute atomic E-state index is 6.67. The quantitative estimate of drug-likeness (QED) is 0.180. The first-order chi connectivity index (χ1) is 26.7.